The fourth-order valence-electron chi connectivity index (χ4n) is 5.47. The van der Waals surface area contributed by atoms with Gasteiger partial charge in [0.1, 0.15) is 21.9 Å². The van der Waals surface area contributed by atoms with Crippen molar-refractivity contribution in [2.45, 2.75) is 50.4 Å². The molecule has 3 N–H and O–H groups in total. The Morgan fingerprint density at radius 2 is 1.98 bits per heavy atom. The lowest BCUT2D eigenvalue weighted by Crippen LogP contribution is -2.41. The molecule has 0 saturated heterocycles. The molecule has 44 heavy (non-hydrogen) atoms. The average molecular weight is 611 g/mol. The molecule has 2 saturated carbocycles. The normalized spacial score (nSPS) is 18.3. The van der Waals surface area contributed by atoms with Gasteiger partial charge in [0, 0.05) is 31.8 Å². The molecule has 0 radical (unpaired) electrons. The Bertz CT molecular complexity index is 1900. The Morgan fingerprint density at radius 3 is 2.68 bits per heavy atom. The van der Waals surface area contributed by atoms with E-state index < -0.39 is 0 Å². The van der Waals surface area contributed by atoms with E-state index >= 15 is 0 Å². The number of anilines is 2. The van der Waals surface area contributed by atoms with Crippen LogP contribution in [0, 0.1) is 0 Å². The number of nitrogens with zero attached hydrogens (tertiary/aromatic N) is 6. The fourth-order valence-corrected chi connectivity index (χ4v) is 5.77. The standard InChI is InChI=1S/C32H31ClN8O3/c1-40-29-28(33)27(44-26(14-34)23-15-35-11-12-36-23)16-37-30(29)39-32(40)38-22-13-21(20-7-8-20)17-41(31(22)42)24-9-10-25(24)43-18-19-5-3-2-4-6-19/h2-6,11-17,20,24-25H,7-10,18,34H2,1H3,(H,37,38,39)/t24-,25-/m1/s1. The van der Waals surface area contributed by atoms with E-state index in [0.717, 1.165) is 36.8 Å². The number of imidazole rings is 1. The molecule has 0 bridgehead atoms. The highest BCUT2D eigenvalue weighted by Crippen LogP contribution is 2.42. The Hall–Kier alpha value is -4.74. The van der Waals surface area contributed by atoms with Gasteiger partial charge in [0.2, 0.25) is 5.95 Å². The average Bonchev–Trinajstić information content (AvgIpc) is 3.83. The summed E-state index contributed by atoms with van der Waals surface area (Å²) in [7, 11) is 1.81. The van der Waals surface area contributed by atoms with Gasteiger partial charge in [0.05, 0.1) is 31.1 Å². The van der Waals surface area contributed by atoms with Gasteiger partial charge >= 0.3 is 0 Å². The lowest BCUT2D eigenvalue weighted by molar-refractivity contribution is -0.0503. The summed E-state index contributed by atoms with van der Waals surface area (Å²) in [5.41, 5.74) is 9.77. The molecular weight excluding hydrogens is 580 g/mol. The first-order chi connectivity index (χ1) is 21.5. The Morgan fingerprint density at radius 1 is 1.14 bits per heavy atom. The first-order valence-electron chi connectivity index (χ1n) is 14.6. The van der Waals surface area contributed by atoms with Crippen LogP contribution in [-0.2, 0) is 18.4 Å². The van der Waals surface area contributed by atoms with Gasteiger partial charge in [0.25, 0.3) is 5.56 Å². The number of hydrogen-bond acceptors (Lipinski definition) is 9. The third-order valence-electron chi connectivity index (χ3n) is 8.19. The third-order valence-corrected chi connectivity index (χ3v) is 8.56. The number of hydrogen-bond donors (Lipinski definition) is 2. The molecule has 0 aliphatic heterocycles. The minimum Gasteiger partial charge on any atom is -0.450 e. The number of ether oxygens (including phenoxy) is 2. The van der Waals surface area contributed by atoms with Crippen LogP contribution in [0.4, 0.5) is 11.6 Å². The maximum absolute atomic E-state index is 13.9. The van der Waals surface area contributed by atoms with Crippen LogP contribution in [0.25, 0.3) is 16.9 Å². The minimum atomic E-state index is -0.121. The van der Waals surface area contributed by atoms with Gasteiger partial charge in [0.15, 0.2) is 17.2 Å². The maximum Gasteiger partial charge on any atom is 0.274 e. The summed E-state index contributed by atoms with van der Waals surface area (Å²) in [5.74, 6) is 1.43. The summed E-state index contributed by atoms with van der Waals surface area (Å²) < 4.78 is 15.8. The summed E-state index contributed by atoms with van der Waals surface area (Å²) in [6.45, 7) is 0.519. The zero-order valence-electron chi connectivity index (χ0n) is 24.1. The number of nitrogens with two attached hydrogens (primary N) is 1. The van der Waals surface area contributed by atoms with Crippen LogP contribution in [0.1, 0.15) is 54.5 Å². The van der Waals surface area contributed by atoms with Gasteiger partial charge in [-0.05, 0) is 48.8 Å². The second kappa shape index (κ2) is 11.7. The van der Waals surface area contributed by atoms with Crippen LogP contribution in [0.2, 0.25) is 5.02 Å². The van der Waals surface area contributed by atoms with Crippen molar-refractivity contribution in [3.05, 3.63) is 106 Å². The lowest BCUT2D eigenvalue weighted by atomic mass is 9.88. The summed E-state index contributed by atoms with van der Waals surface area (Å²) in [6, 6.07) is 12.0. The maximum atomic E-state index is 13.9. The van der Waals surface area contributed by atoms with E-state index in [1.807, 2.05) is 35.0 Å². The molecule has 0 spiro atoms. The Balaban J connectivity index is 1.17. The van der Waals surface area contributed by atoms with Crippen LogP contribution in [-0.4, -0.2) is 35.2 Å². The van der Waals surface area contributed by atoms with E-state index in [4.69, 9.17) is 26.8 Å². The van der Waals surface area contributed by atoms with Crippen molar-refractivity contribution in [1.29, 1.82) is 0 Å². The van der Waals surface area contributed by atoms with Crippen molar-refractivity contribution in [2.75, 3.05) is 5.32 Å². The SMILES string of the molecule is Cn1c(Nc2cc(C3CC3)cn([C@@H]3CC[C@H]3OCc3ccccc3)c2=O)nc2ncc(OC(=CN)c3cnccn3)c(Cl)c21. The van der Waals surface area contributed by atoms with Gasteiger partial charge in [-0.15, -0.1) is 0 Å². The fraction of sp³-hybridized carbons (Fsp3) is 0.281. The van der Waals surface area contributed by atoms with Crippen molar-refractivity contribution in [3.8, 4) is 5.75 Å². The number of rotatable bonds is 10. The quantitative estimate of drug-likeness (QED) is 0.198. The number of nitrogens with one attached hydrogen (secondary N) is 1. The number of benzene rings is 1. The predicted molar refractivity (Wildman–Crippen MR) is 168 cm³/mol. The van der Waals surface area contributed by atoms with E-state index in [1.54, 1.807) is 24.0 Å². The van der Waals surface area contributed by atoms with E-state index in [-0.39, 0.29) is 29.2 Å². The van der Waals surface area contributed by atoms with Crippen LogP contribution in [0.5, 0.6) is 5.75 Å². The minimum absolute atomic E-state index is 0.0262. The molecule has 2 aliphatic carbocycles. The molecule has 1 aromatic carbocycles. The van der Waals surface area contributed by atoms with Gasteiger partial charge < -0.3 is 29.7 Å². The number of aromatic nitrogens is 6. The molecule has 7 rings (SSSR count). The molecule has 2 aliphatic rings. The Labute approximate surface area is 258 Å². The molecule has 0 amide bonds. The monoisotopic (exact) mass is 610 g/mol. The van der Waals surface area contributed by atoms with Crippen molar-refractivity contribution in [2.24, 2.45) is 12.8 Å². The van der Waals surface area contributed by atoms with Crippen LogP contribution in [0.15, 0.2) is 78.4 Å². The molecule has 4 heterocycles. The van der Waals surface area contributed by atoms with Crippen molar-refractivity contribution in [1.82, 2.24) is 29.1 Å². The second-order valence-corrected chi connectivity index (χ2v) is 11.5. The van der Waals surface area contributed by atoms with Gasteiger partial charge in [-0.3, -0.25) is 9.78 Å². The Kier molecular flexibility index (Phi) is 7.49. The number of fused-ring (bicyclic) bond motifs is 1. The zero-order chi connectivity index (χ0) is 30.2. The molecule has 4 aromatic heterocycles. The van der Waals surface area contributed by atoms with Crippen LogP contribution < -0.4 is 21.3 Å². The summed E-state index contributed by atoms with van der Waals surface area (Å²) >= 11 is 6.80. The molecule has 5 aromatic rings. The largest absolute Gasteiger partial charge is 0.450 e. The summed E-state index contributed by atoms with van der Waals surface area (Å²) in [4.78, 5) is 31.3. The molecule has 224 valence electrons. The van der Waals surface area contributed by atoms with Crippen LogP contribution >= 0.6 is 11.6 Å². The molecule has 11 nitrogen and oxygen atoms in total. The first kappa shape index (κ1) is 28.1. The van der Waals surface area contributed by atoms with Gasteiger partial charge in [-0.1, -0.05) is 41.9 Å². The lowest BCUT2D eigenvalue weighted by Gasteiger charge is -2.38. The van der Waals surface area contributed by atoms with E-state index in [0.29, 0.717) is 46.0 Å². The van der Waals surface area contributed by atoms with Crippen molar-refractivity contribution < 1.29 is 9.47 Å². The summed E-state index contributed by atoms with van der Waals surface area (Å²) in [5, 5.41) is 3.57. The second-order valence-electron chi connectivity index (χ2n) is 11.1. The third kappa shape index (κ3) is 5.40. The van der Waals surface area contributed by atoms with E-state index in [2.05, 4.69) is 37.4 Å². The molecule has 12 heteroatoms. The number of halogens is 1. The van der Waals surface area contributed by atoms with E-state index in [1.165, 1.54) is 18.6 Å². The smallest absolute Gasteiger partial charge is 0.274 e. The van der Waals surface area contributed by atoms with Gasteiger partial charge in [-0.2, -0.15) is 4.98 Å². The first-order valence-corrected chi connectivity index (χ1v) is 14.9. The van der Waals surface area contributed by atoms with Crippen LogP contribution in [0.3, 0.4) is 0 Å². The highest BCUT2D eigenvalue weighted by molar-refractivity contribution is 6.36. The van der Waals surface area contributed by atoms with Crippen molar-refractivity contribution >= 4 is 40.2 Å². The molecule has 2 atom stereocenters. The number of aryl methyl sites for hydroxylation is 1. The molecule has 2 fully saturated rings. The highest BCUT2D eigenvalue weighted by atomic mass is 35.5. The zero-order valence-corrected chi connectivity index (χ0v) is 24.8. The topological polar surface area (TPSA) is 135 Å². The molecular formula is C32H31ClN8O3. The highest BCUT2D eigenvalue weighted by Gasteiger charge is 2.36. The molecule has 0 unspecified atom stereocenters. The van der Waals surface area contributed by atoms with Crippen molar-refractivity contribution in [3.63, 3.8) is 0 Å². The van der Waals surface area contributed by atoms with E-state index in [9.17, 15) is 4.79 Å². The number of pyridine rings is 2. The summed E-state index contributed by atoms with van der Waals surface area (Å²) in [6.07, 6.45) is 13.4. The predicted octanol–water partition coefficient (Wildman–Crippen LogP) is 5.45. The van der Waals surface area contributed by atoms with Gasteiger partial charge in [-0.25, -0.2) is 9.97 Å².